The molecule has 0 radical (unpaired) electrons. The fraction of sp³-hybridized carbons (Fsp3) is 0.500. The summed E-state index contributed by atoms with van der Waals surface area (Å²) in [5.41, 5.74) is 5.96. The van der Waals surface area contributed by atoms with Gasteiger partial charge >= 0.3 is 0 Å². The van der Waals surface area contributed by atoms with Crippen molar-refractivity contribution in [2.75, 3.05) is 39.6 Å². The summed E-state index contributed by atoms with van der Waals surface area (Å²) < 4.78 is 36.3. The third-order valence-electron chi connectivity index (χ3n) is 2.84. The van der Waals surface area contributed by atoms with Crippen LogP contribution in [0.15, 0.2) is 17.0 Å². The first-order chi connectivity index (χ1) is 9.42. The molecule has 3 N–H and O–H groups in total. The summed E-state index contributed by atoms with van der Waals surface area (Å²) in [6.07, 6.45) is 0. The van der Waals surface area contributed by atoms with Crippen molar-refractivity contribution in [2.45, 2.75) is 11.8 Å². The molecule has 1 aromatic carbocycles. The summed E-state index contributed by atoms with van der Waals surface area (Å²) in [4.78, 5) is -0.0476. The summed E-state index contributed by atoms with van der Waals surface area (Å²) in [6, 6.07) is 2.72. The molecule has 20 heavy (non-hydrogen) atoms. The standard InChI is InChI=1S/C12H20N2O5S/c1-4-14(5-6-15)20(16,17)12-7-9(13)10(18-2)8-11(12)19-3/h7-8,15H,4-6,13H2,1-3H3. The molecule has 0 saturated carbocycles. The minimum atomic E-state index is -3.79. The maximum absolute atomic E-state index is 12.5. The molecular weight excluding hydrogens is 284 g/mol. The number of hydrogen-bond acceptors (Lipinski definition) is 6. The van der Waals surface area contributed by atoms with Gasteiger partial charge in [0.25, 0.3) is 0 Å². The van der Waals surface area contributed by atoms with Crippen molar-refractivity contribution in [2.24, 2.45) is 0 Å². The third kappa shape index (κ3) is 3.14. The van der Waals surface area contributed by atoms with Gasteiger partial charge in [-0.15, -0.1) is 0 Å². The smallest absolute Gasteiger partial charge is 0.246 e. The van der Waals surface area contributed by atoms with Gasteiger partial charge in [0.05, 0.1) is 26.5 Å². The Labute approximate surface area is 119 Å². The van der Waals surface area contributed by atoms with Crippen LogP contribution in [0, 0.1) is 0 Å². The zero-order valence-electron chi connectivity index (χ0n) is 11.8. The SMILES string of the molecule is CCN(CCO)S(=O)(=O)c1cc(N)c(OC)cc1OC. The number of aliphatic hydroxyl groups excluding tert-OH is 1. The van der Waals surface area contributed by atoms with E-state index in [0.29, 0.717) is 5.75 Å². The van der Waals surface area contributed by atoms with Gasteiger partial charge in [-0.05, 0) is 6.07 Å². The predicted molar refractivity (Wildman–Crippen MR) is 75.5 cm³/mol. The Balaban J connectivity index is 3.40. The van der Waals surface area contributed by atoms with E-state index in [2.05, 4.69) is 0 Å². The topological polar surface area (TPSA) is 102 Å². The van der Waals surface area contributed by atoms with Crippen LogP contribution in [0.5, 0.6) is 11.5 Å². The lowest BCUT2D eigenvalue weighted by atomic mass is 10.3. The van der Waals surface area contributed by atoms with E-state index < -0.39 is 10.0 Å². The van der Waals surface area contributed by atoms with E-state index in [0.717, 1.165) is 4.31 Å². The molecule has 0 aliphatic heterocycles. The number of hydrogen-bond donors (Lipinski definition) is 2. The summed E-state index contributed by atoms with van der Waals surface area (Å²) >= 11 is 0. The van der Waals surface area contributed by atoms with Crippen LogP contribution in [-0.4, -0.2) is 51.7 Å². The van der Waals surface area contributed by atoms with Crippen LogP contribution in [0.3, 0.4) is 0 Å². The monoisotopic (exact) mass is 304 g/mol. The van der Waals surface area contributed by atoms with Crippen LogP contribution in [0.1, 0.15) is 6.92 Å². The number of rotatable bonds is 7. The third-order valence-corrected chi connectivity index (χ3v) is 4.83. The van der Waals surface area contributed by atoms with E-state index in [1.165, 1.54) is 26.4 Å². The Hall–Kier alpha value is -1.51. The fourth-order valence-corrected chi connectivity index (χ4v) is 3.41. The van der Waals surface area contributed by atoms with Gasteiger partial charge in [-0.3, -0.25) is 0 Å². The van der Waals surface area contributed by atoms with Gasteiger partial charge in [-0.1, -0.05) is 6.92 Å². The molecular formula is C12H20N2O5S. The molecule has 0 bridgehead atoms. The molecule has 1 rings (SSSR count). The molecule has 0 amide bonds. The molecule has 0 atom stereocenters. The van der Waals surface area contributed by atoms with E-state index in [1.807, 2.05) is 0 Å². The number of nitrogens with zero attached hydrogens (tertiary/aromatic N) is 1. The van der Waals surface area contributed by atoms with Gasteiger partial charge < -0.3 is 20.3 Å². The van der Waals surface area contributed by atoms with Crippen molar-refractivity contribution >= 4 is 15.7 Å². The van der Waals surface area contributed by atoms with Crippen molar-refractivity contribution < 1.29 is 23.0 Å². The molecule has 0 aliphatic carbocycles. The highest BCUT2D eigenvalue weighted by molar-refractivity contribution is 7.89. The van der Waals surface area contributed by atoms with Gasteiger partial charge in [0.2, 0.25) is 10.0 Å². The molecule has 0 saturated heterocycles. The number of benzene rings is 1. The van der Waals surface area contributed by atoms with Crippen molar-refractivity contribution in [3.63, 3.8) is 0 Å². The van der Waals surface area contributed by atoms with Crippen LogP contribution >= 0.6 is 0 Å². The van der Waals surface area contributed by atoms with Crippen LogP contribution < -0.4 is 15.2 Å². The van der Waals surface area contributed by atoms with Gasteiger partial charge in [-0.25, -0.2) is 8.42 Å². The minimum Gasteiger partial charge on any atom is -0.495 e. The van der Waals surface area contributed by atoms with Gasteiger partial charge in [0.1, 0.15) is 16.4 Å². The highest BCUT2D eigenvalue weighted by Gasteiger charge is 2.27. The van der Waals surface area contributed by atoms with Crippen LogP contribution in [0.25, 0.3) is 0 Å². The van der Waals surface area contributed by atoms with Crippen LogP contribution in [-0.2, 0) is 10.0 Å². The summed E-state index contributed by atoms with van der Waals surface area (Å²) in [7, 11) is -0.989. The van der Waals surface area contributed by atoms with Gasteiger partial charge in [-0.2, -0.15) is 4.31 Å². The molecule has 0 fully saturated rings. The number of sulfonamides is 1. The molecule has 114 valence electrons. The fourth-order valence-electron chi connectivity index (χ4n) is 1.79. The number of nitrogen functional groups attached to an aromatic ring is 1. The first-order valence-electron chi connectivity index (χ1n) is 6.04. The summed E-state index contributed by atoms with van der Waals surface area (Å²) in [6.45, 7) is 1.67. The zero-order valence-corrected chi connectivity index (χ0v) is 12.6. The van der Waals surface area contributed by atoms with Gasteiger partial charge in [0.15, 0.2) is 0 Å². The molecule has 0 unspecified atom stereocenters. The Kier molecular flexibility index (Phi) is 5.61. The molecule has 0 aliphatic rings. The first-order valence-corrected chi connectivity index (χ1v) is 7.48. The Bertz CT molecular complexity index is 559. The average Bonchev–Trinajstić information content (AvgIpc) is 2.44. The van der Waals surface area contributed by atoms with Crippen LogP contribution in [0.2, 0.25) is 0 Å². The van der Waals surface area contributed by atoms with Crippen molar-refractivity contribution in [1.82, 2.24) is 4.31 Å². The summed E-state index contributed by atoms with van der Waals surface area (Å²) in [5, 5.41) is 8.96. The minimum absolute atomic E-state index is 0.00786. The van der Waals surface area contributed by atoms with E-state index in [1.54, 1.807) is 6.92 Å². The maximum atomic E-state index is 12.5. The van der Waals surface area contributed by atoms with E-state index in [4.69, 9.17) is 20.3 Å². The largest absolute Gasteiger partial charge is 0.495 e. The van der Waals surface area contributed by atoms with Crippen molar-refractivity contribution in [3.8, 4) is 11.5 Å². The number of nitrogens with two attached hydrogens (primary N) is 1. The highest BCUT2D eigenvalue weighted by atomic mass is 32.2. The molecule has 0 aromatic heterocycles. The Morgan fingerprint density at radius 1 is 1.25 bits per heavy atom. The first kappa shape index (κ1) is 16.5. The van der Waals surface area contributed by atoms with Gasteiger partial charge in [0, 0.05) is 19.2 Å². The number of aliphatic hydroxyl groups is 1. The second-order valence-electron chi connectivity index (χ2n) is 3.97. The Morgan fingerprint density at radius 3 is 2.30 bits per heavy atom. The number of likely N-dealkylation sites (N-methyl/N-ethyl adjacent to an activating group) is 1. The maximum Gasteiger partial charge on any atom is 0.246 e. The number of methoxy groups -OCH3 is 2. The number of ether oxygens (including phenoxy) is 2. The second-order valence-corrected chi connectivity index (χ2v) is 5.87. The van der Waals surface area contributed by atoms with E-state index >= 15 is 0 Å². The normalized spacial score (nSPS) is 11.7. The molecule has 0 spiro atoms. The highest BCUT2D eigenvalue weighted by Crippen LogP contribution is 2.35. The Morgan fingerprint density at radius 2 is 1.85 bits per heavy atom. The molecule has 7 nitrogen and oxygen atoms in total. The van der Waals surface area contributed by atoms with E-state index in [-0.39, 0.29) is 36.0 Å². The second kappa shape index (κ2) is 6.78. The lowest BCUT2D eigenvalue weighted by molar-refractivity contribution is 0.256. The lowest BCUT2D eigenvalue weighted by Gasteiger charge is -2.21. The lowest BCUT2D eigenvalue weighted by Crippen LogP contribution is -2.33. The van der Waals surface area contributed by atoms with E-state index in [9.17, 15) is 8.42 Å². The summed E-state index contributed by atoms with van der Waals surface area (Å²) in [5.74, 6) is 0.485. The van der Waals surface area contributed by atoms with Crippen molar-refractivity contribution in [3.05, 3.63) is 12.1 Å². The quantitative estimate of drug-likeness (QED) is 0.702. The molecule has 0 heterocycles. The number of anilines is 1. The van der Waals surface area contributed by atoms with Crippen LogP contribution in [0.4, 0.5) is 5.69 Å². The zero-order chi connectivity index (χ0) is 15.3. The van der Waals surface area contributed by atoms with Crippen molar-refractivity contribution in [1.29, 1.82) is 0 Å². The average molecular weight is 304 g/mol. The molecule has 8 heteroatoms. The molecule has 1 aromatic rings. The predicted octanol–water partition coefficient (Wildman–Crippen LogP) is 0.289.